The third-order valence-electron chi connectivity index (χ3n) is 2.97. The van der Waals surface area contributed by atoms with Gasteiger partial charge in [0.15, 0.2) is 5.75 Å². The molecule has 3 aromatic rings. The van der Waals surface area contributed by atoms with Gasteiger partial charge in [-0.3, -0.25) is 0 Å². The highest BCUT2D eigenvalue weighted by Crippen LogP contribution is 2.29. The number of halogens is 5. The molecule has 0 radical (unpaired) electrons. The molecule has 0 unspecified atom stereocenters. The fourth-order valence-electron chi connectivity index (χ4n) is 1.89. The summed E-state index contributed by atoms with van der Waals surface area (Å²) in [5.41, 5.74) is 0.979. The summed E-state index contributed by atoms with van der Waals surface area (Å²) >= 11 is 0. The van der Waals surface area contributed by atoms with Crippen LogP contribution in [0.25, 0.3) is 11.0 Å². The average Bonchev–Trinajstić information content (AvgIpc) is 2.97. The van der Waals surface area contributed by atoms with Crippen LogP contribution in [0.4, 0.5) is 22.0 Å². The summed E-state index contributed by atoms with van der Waals surface area (Å²) < 4.78 is 74.8. The maximum atomic E-state index is 13.4. The Kier molecular flexibility index (Phi) is 4.02. The molecule has 0 spiro atoms. The Hall–Kier alpha value is -2.82. The van der Waals surface area contributed by atoms with Crippen molar-refractivity contribution in [2.24, 2.45) is 0 Å². The molecule has 3 rings (SSSR count). The molecule has 0 atom stereocenters. The Bertz CT molecular complexity index is 858. The highest BCUT2D eigenvalue weighted by molar-refractivity contribution is 6.36. The van der Waals surface area contributed by atoms with Crippen LogP contribution in [0.1, 0.15) is 0 Å². The number of aromatic nitrogens is 2. The van der Waals surface area contributed by atoms with Crippen molar-refractivity contribution in [1.29, 1.82) is 0 Å². The van der Waals surface area contributed by atoms with Crippen LogP contribution in [0.15, 0.2) is 24.3 Å². The van der Waals surface area contributed by atoms with Gasteiger partial charge in [-0.1, -0.05) is 12.1 Å². The van der Waals surface area contributed by atoms with E-state index in [0.717, 1.165) is 0 Å². The standard InChI is InChI=1S/C13H6BF5N2O3/c15-7-8(16)10(18)12(11(19)9(7)17)23-14(22)24-13-20-5-3-1-2-4-6(5)21-13/h1-4,22H,(H,20,21). The first-order valence-electron chi connectivity index (χ1n) is 6.36. The largest absolute Gasteiger partial charge is 0.787 e. The quantitative estimate of drug-likeness (QED) is 0.331. The van der Waals surface area contributed by atoms with Gasteiger partial charge in [0.1, 0.15) is 0 Å². The molecule has 0 saturated carbocycles. The molecule has 1 aromatic heterocycles. The van der Waals surface area contributed by atoms with Crippen LogP contribution in [-0.4, -0.2) is 22.3 Å². The monoisotopic (exact) mass is 344 g/mol. The van der Waals surface area contributed by atoms with E-state index < -0.39 is 42.2 Å². The zero-order valence-electron chi connectivity index (χ0n) is 11.5. The van der Waals surface area contributed by atoms with Gasteiger partial charge >= 0.3 is 7.32 Å². The van der Waals surface area contributed by atoms with Gasteiger partial charge in [0.25, 0.3) is 6.01 Å². The van der Waals surface area contributed by atoms with Gasteiger partial charge in [0.05, 0.1) is 11.0 Å². The second kappa shape index (κ2) is 6.00. The van der Waals surface area contributed by atoms with Gasteiger partial charge in [-0.15, -0.1) is 0 Å². The van der Waals surface area contributed by atoms with Crippen LogP contribution in [-0.2, 0) is 0 Å². The molecule has 1 heterocycles. The van der Waals surface area contributed by atoms with Crippen molar-refractivity contribution in [3.8, 4) is 11.8 Å². The summed E-state index contributed by atoms with van der Waals surface area (Å²) in [7, 11) is -2.38. The Labute approximate surface area is 130 Å². The van der Waals surface area contributed by atoms with Crippen LogP contribution in [0.3, 0.4) is 0 Å². The number of hydrogen-bond acceptors (Lipinski definition) is 4. The van der Waals surface area contributed by atoms with Crippen LogP contribution < -0.4 is 9.31 Å². The molecular formula is C13H6BF5N2O3. The summed E-state index contributed by atoms with van der Waals surface area (Å²) in [5.74, 6) is -12.9. The fourth-order valence-corrected chi connectivity index (χ4v) is 1.89. The van der Waals surface area contributed by atoms with Crippen LogP contribution in [0.5, 0.6) is 11.8 Å². The number of hydrogen-bond donors (Lipinski definition) is 2. The van der Waals surface area contributed by atoms with E-state index in [1.807, 2.05) is 0 Å². The smallest absolute Gasteiger partial charge is 0.496 e. The second-order valence-electron chi connectivity index (χ2n) is 4.50. The molecule has 0 aliphatic rings. The molecule has 0 saturated heterocycles. The Morgan fingerprint density at radius 2 is 1.46 bits per heavy atom. The Morgan fingerprint density at radius 1 is 0.875 bits per heavy atom. The molecule has 0 fully saturated rings. The van der Waals surface area contributed by atoms with E-state index in [1.54, 1.807) is 24.3 Å². The first-order chi connectivity index (χ1) is 11.4. The zero-order valence-corrected chi connectivity index (χ0v) is 11.5. The molecular weight excluding hydrogens is 338 g/mol. The molecule has 2 aromatic carbocycles. The summed E-state index contributed by atoms with van der Waals surface area (Å²) in [6, 6.07) is 6.32. The van der Waals surface area contributed by atoms with Crippen LogP contribution >= 0.6 is 0 Å². The van der Waals surface area contributed by atoms with Gasteiger partial charge < -0.3 is 19.3 Å². The van der Waals surface area contributed by atoms with Crippen molar-refractivity contribution in [2.45, 2.75) is 0 Å². The van der Waals surface area contributed by atoms with Crippen molar-refractivity contribution in [3.05, 3.63) is 53.4 Å². The summed E-state index contributed by atoms with van der Waals surface area (Å²) in [6.07, 6.45) is 0. The van der Waals surface area contributed by atoms with Gasteiger partial charge in [0.2, 0.25) is 29.1 Å². The molecule has 0 aliphatic carbocycles. The van der Waals surface area contributed by atoms with E-state index in [0.29, 0.717) is 11.0 Å². The van der Waals surface area contributed by atoms with Gasteiger partial charge in [0, 0.05) is 0 Å². The minimum absolute atomic E-state index is 0.285. The summed E-state index contributed by atoms with van der Waals surface area (Å²) in [4.78, 5) is 6.48. The van der Waals surface area contributed by atoms with Crippen molar-refractivity contribution < 1.29 is 36.3 Å². The number of benzene rings is 2. The minimum atomic E-state index is -2.38. The molecule has 124 valence electrons. The molecule has 2 N–H and O–H groups in total. The first kappa shape index (κ1) is 16.1. The average molecular weight is 344 g/mol. The fraction of sp³-hybridized carbons (Fsp3) is 0. The van der Waals surface area contributed by atoms with Gasteiger partial charge in [-0.2, -0.15) is 13.8 Å². The number of fused-ring (bicyclic) bond motifs is 1. The molecule has 0 aliphatic heterocycles. The SMILES string of the molecule is OB(Oc1nc2ccccc2[nH]1)Oc1c(F)c(F)c(F)c(F)c1F. The highest BCUT2D eigenvalue weighted by atomic mass is 19.2. The van der Waals surface area contributed by atoms with Gasteiger partial charge in [-0.05, 0) is 12.1 Å². The Morgan fingerprint density at radius 3 is 2.08 bits per heavy atom. The van der Waals surface area contributed by atoms with Crippen molar-refractivity contribution in [2.75, 3.05) is 0 Å². The van der Waals surface area contributed by atoms with E-state index in [9.17, 15) is 27.0 Å². The van der Waals surface area contributed by atoms with E-state index in [1.165, 1.54) is 0 Å². The summed E-state index contributed by atoms with van der Waals surface area (Å²) in [6.45, 7) is 0. The van der Waals surface area contributed by atoms with Crippen molar-refractivity contribution >= 4 is 18.4 Å². The Balaban J connectivity index is 1.83. The molecule has 11 heteroatoms. The number of para-hydroxylation sites is 2. The normalized spacial score (nSPS) is 10.9. The lowest BCUT2D eigenvalue weighted by Gasteiger charge is -2.11. The number of nitrogens with one attached hydrogen (secondary N) is 1. The first-order valence-corrected chi connectivity index (χ1v) is 6.36. The predicted molar refractivity (Wildman–Crippen MR) is 71.6 cm³/mol. The lowest BCUT2D eigenvalue weighted by molar-refractivity contribution is 0.264. The number of aromatic amines is 1. The summed E-state index contributed by atoms with van der Waals surface area (Å²) in [5, 5.41) is 9.50. The third-order valence-corrected chi connectivity index (χ3v) is 2.97. The molecule has 0 amide bonds. The van der Waals surface area contributed by atoms with E-state index in [-0.39, 0.29) is 6.01 Å². The highest BCUT2D eigenvalue weighted by Gasteiger charge is 2.32. The van der Waals surface area contributed by atoms with Gasteiger partial charge in [-0.25, -0.2) is 13.2 Å². The number of nitrogens with zero attached hydrogens (tertiary/aromatic N) is 1. The number of rotatable bonds is 4. The maximum Gasteiger partial charge on any atom is 0.787 e. The predicted octanol–water partition coefficient (Wildman–Crippen LogP) is 2.69. The van der Waals surface area contributed by atoms with Crippen LogP contribution in [0, 0.1) is 29.1 Å². The number of imidazole rings is 1. The molecule has 24 heavy (non-hydrogen) atoms. The zero-order chi connectivity index (χ0) is 17.4. The van der Waals surface area contributed by atoms with E-state index in [4.69, 9.17) is 4.65 Å². The maximum absolute atomic E-state index is 13.4. The lowest BCUT2D eigenvalue weighted by Crippen LogP contribution is -2.31. The minimum Gasteiger partial charge on any atom is -0.496 e. The van der Waals surface area contributed by atoms with E-state index >= 15 is 0 Å². The van der Waals surface area contributed by atoms with E-state index in [2.05, 4.69) is 14.6 Å². The second-order valence-corrected chi connectivity index (χ2v) is 4.50. The topological polar surface area (TPSA) is 67.4 Å². The molecule has 5 nitrogen and oxygen atoms in total. The third kappa shape index (κ3) is 2.73. The van der Waals surface area contributed by atoms with Crippen molar-refractivity contribution in [1.82, 2.24) is 9.97 Å². The molecule has 0 bridgehead atoms. The lowest BCUT2D eigenvalue weighted by atomic mass is 10.2. The number of H-pyrrole nitrogens is 1. The van der Waals surface area contributed by atoms with Crippen molar-refractivity contribution in [3.63, 3.8) is 0 Å². The van der Waals surface area contributed by atoms with Crippen LogP contribution in [0.2, 0.25) is 0 Å².